The Bertz CT molecular complexity index is 923. The van der Waals surface area contributed by atoms with E-state index in [-0.39, 0.29) is 4.32 Å². The smallest absolute Gasteiger partial charge is 0.323 e. The van der Waals surface area contributed by atoms with Crippen molar-refractivity contribution in [2.24, 2.45) is 0 Å². The van der Waals surface area contributed by atoms with Crippen molar-refractivity contribution >= 4 is 69.5 Å². The number of nitrogens with zero attached hydrogens (tertiary/aromatic N) is 1. The standard InChI is InChI=1S/C16H9Cl2NO4S2/c17-10-3-1-8(5-11(10)18)12-4-2-9(23-12)6-13-15(22)19(7-14(20)21)16(24)25-13/h1-6H,7H2,(H,20,21)/b13-6-. The number of halogens is 2. The molecule has 0 aliphatic carbocycles. The van der Waals surface area contributed by atoms with Crippen LogP contribution in [0.5, 0.6) is 0 Å². The first-order valence-corrected chi connectivity index (χ1v) is 8.85. The average Bonchev–Trinajstić information content (AvgIpc) is 3.11. The molecule has 25 heavy (non-hydrogen) atoms. The summed E-state index contributed by atoms with van der Waals surface area (Å²) in [7, 11) is 0. The number of furan rings is 1. The predicted molar refractivity (Wildman–Crippen MR) is 102 cm³/mol. The largest absolute Gasteiger partial charge is 0.480 e. The van der Waals surface area contributed by atoms with E-state index >= 15 is 0 Å². The molecular formula is C16H9Cl2NO4S2. The normalized spacial score (nSPS) is 16.1. The first-order valence-electron chi connectivity index (χ1n) is 6.87. The molecule has 1 aliphatic rings. The van der Waals surface area contributed by atoms with Gasteiger partial charge in [-0.2, -0.15) is 0 Å². The van der Waals surface area contributed by atoms with Gasteiger partial charge in [0.05, 0.1) is 15.0 Å². The molecule has 1 aliphatic heterocycles. The third-order valence-corrected chi connectivity index (χ3v) is 5.39. The van der Waals surface area contributed by atoms with Crippen LogP contribution in [0.1, 0.15) is 5.76 Å². The molecule has 0 spiro atoms. The molecule has 2 heterocycles. The molecule has 1 saturated heterocycles. The Morgan fingerprint density at radius 3 is 2.72 bits per heavy atom. The van der Waals surface area contributed by atoms with E-state index in [2.05, 4.69) is 0 Å². The van der Waals surface area contributed by atoms with Crippen molar-refractivity contribution in [1.29, 1.82) is 0 Å². The molecule has 1 aromatic carbocycles. The fraction of sp³-hybridized carbons (Fsp3) is 0.0625. The van der Waals surface area contributed by atoms with Crippen LogP contribution in [0.25, 0.3) is 17.4 Å². The summed E-state index contributed by atoms with van der Waals surface area (Å²) in [5.74, 6) is -0.579. The Kier molecular flexibility index (Phi) is 5.19. The second-order valence-electron chi connectivity index (χ2n) is 4.99. The number of thiocarbonyl (C=S) groups is 1. The minimum absolute atomic E-state index is 0.204. The number of carboxylic acid groups (broad SMARTS) is 1. The van der Waals surface area contributed by atoms with Gasteiger partial charge in [-0.25, -0.2) is 0 Å². The lowest BCUT2D eigenvalue weighted by molar-refractivity contribution is -0.140. The van der Waals surface area contributed by atoms with Gasteiger partial charge in [-0.05, 0) is 30.3 Å². The zero-order valence-corrected chi connectivity index (χ0v) is 15.5. The lowest BCUT2D eigenvalue weighted by Gasteiger charge is -2.09. The summed E-state index contributed by atoms with van der Waals surface area (Å²) in [6.45, 7) is -0.464. The van der Waals surface area contributed by atoms with Gasteiger partial charge in [0, 0.05) is 11.6 Å². The number of aliphatic carboxylic acids is 1. The third-order valence-electron chi connectivity index (χ3n) is 3.27. The van der Waals surface area contributed by atoms with Crippen molar-refractivity contribution in [2.75, 3.05) is 6.54 Å². The van der Waals surface area contributed by atoms with E-state index in [9.17, 15) is 9.59 Å². The average molecular weight is 414 g/mol. The Hall–Kier alpha value is -1.80. The van der Waals surface area contributed by atoms with Crippen molar-refractivity contribution in [3.8, 4) is 11.3 Å². The summed E-state index contributed by atoms with van der Waals surface area (Å²) in [6, 6.07) is 8.55. The predicted octanol–water partition coefficient (Wildman–Crippen LogP) is 4.54. The molecular weight excluding hydrogens is 405 g/mol. The van der Waals surface area contributed by atoms with Gasteiger partial charge in [0.15, 0.2) is 0 Å². The Labute approximate surface area is 162 Å². The lowest BCUT2D eigenvalue weighted by Crippen LogP contribution is -2.33. The summed E-state index contributed by atoms with van der Waals surface area (Å²) in [5.41, 5.74) is 0.743. The first kappa shape index (κ1) is 18.0. The maximum atomic E-state index is 12.2. The number of carbonyl (C=O) groups is 2. The summed E-state index contributed by atoms with van der Waals surface area (Å²) in [5, 5.41) is 9.69. The van der Waals surface area contributed by atoms with Crippen molar-refractivity contribution in [1.82, 2.24) is 4.90 Å². The Morgan fingerprint density at radius 2 is 2.04 bits per heavy atom. The van der Waals surface area contributed by atoms with Crippen molar-refractivity contribution in [3.63, 3.8) is 0 Å². The highest BCUT2D eigenvalue weighted by Crippen LogP contribution is 2.34. The minimum atomic E-state index is -1.13. The highest BCUT2D eigenvalue weighted by atomic mass is 35.5. The zero-order valence-electron chi connectivity index (χ0n) is 12.4. The van der Waals surface area contributed by atoms with Crippen molar-refractivity contribution in [3.05, 3.63) is 51.0 Å². The van der Waals surface area contributed by atoms with E-state index in [0.717, 1.165) is 22.2 Å². The SMILES string of the molecule is O=C(O)CN1C(=O)/C(=C/c2ccc(-c3ccc(Cl)c(Cl)c3)o2)SC1=S. The van der Waals surface area contributed by atoms with Crippen LogP contribution >= 0.6 is 47.2 Å². The molecule has 0 radical (unpaired) electrons. The molecule has 1 fully saturated rings. The molecule has 0 bridgehead atoms. The molecule has 3 rings (SSSR count). The molecule has 1 amide bonds. The molecule has 1 N–H and O–H groups in total. The number of amides is 1. The number of benzene rings is 1. The maximum Gasteiger partial charge on any atom is 0.323 e. The van der Waals surface area contributed by atoms with Crippen molar-refractivity contribution in [2.45, 2.75) is 0 Å². The second-order valence-corrected chi connectivity index (χ2v) is 7.48. The summed E-state index contributed by atoms with van der Waals surface area (Å²) in [6.07, 6.45) is 1.53. The Balaban J connectivity index is 1.84. The number of rotatable bonds is 4. The quantitative estimate of drug-likeness (QED) is 0.585. The fourth-order valence-electron chi connectivity index (χ4n) is 2.14. The van der Waals surface area contributed by atoms with Crippen molar-refractivity contribution < 1.29 is 19.1 Å². The highest BCUT2D eigenvalue weighted by molar-refractivity contribution is 8.26. The van der Waals surface area contributed by atoms with Gasteiger partial charge < -0.3 is 9.52 Å². The second kappa shape index (κ2) is 7.21. The number of carboxylic acids is 1. The van der Waals surface area contributed by atoms with Gasteiger partial charge in [-0.3, -0.25) is 14.5 Å². The molecule has 1 aromatic heterocycles. The summed E-state index contributed by atoms with van der Waals surface area (Å²) in [4.78, 5) is 24.4. The van der Waals surface area contributed by atoms with E-state index in [4.69, 9.17) is 44.9 Å². The van der Waals surface area contributed by atoms with Gasteiger partial charge >= 0.3 is 5.97 Å². The monoisotopic (exact) mass is 413 g/mol. The third kappa shape index (κ3) is 3.90. The van der Waals surface area contributed by atoms with Crippen LogP contribution in [-0.2, 0) is 9.59 Å². The van der Waals surface area contributed by atoms with E-state index in [1.54, 1.807) is 30.3 Å². The topological polar surface area (TPSA) is 70.8 Å². The molecule has 128 valence electrons. The van der Waals surface area contributed by atoms with Gasteiger partial charge in [0.25, 0.3) is 5.91 Å². The number of thioether (sulfide) groups is 1. The van der Waals surface area contributed by atoms with Crippen LogP contribution in [0.2, 0.25) is 10.0 Å². The summed E-state index contributed by atoms with van der Waals surface area (Å²) < 4.78 is 5.91. The molecule has 0 atom stereocenters. The van der Waals surface area contributed by atoms with Gasteiger partial charge in [-0.1, -0.05) is 47.2 Å². The van der Waals surface area contributed by atoms with E-state index < -0.39 is 18.4 Å². The van der Waals surface area contributed by atoms with E-state index in [1.807, 2.05) is 0 Å². The number of carbonyl (C=O) groups excluding carboxylic acids is 1. The van der Waals surface area contributed by atoms with Gasteiger partial charge in [0.2, 0.25) is 0 Å². The lowest BCUT2D eigenvalue weighted by atomic mass is 10.2. The first-order chi connectivity index (χ1) is 11.8. The minimum Gasteiger partial charge on any atom is -0.480 e. The fourth-order valence-corrected chi connectivity index (χ4v) is 3.67. The van der Waals surface area contributed by atoms with Crippen LogP contribution in [0.4, 0.5) is 0 Å². The number of hydrogen-bond acceptors (Lipinski definition) is 5. The number of hydrogen-bond donors (Lipinski definition) is 1. The maximum absolute atomic E-state index is 12.2. The molecule has 9 heteroatoms. The zero-order chi connectivity index (χ0) is 18.1. The van der Waals surface area contributed by atoms with Crippen LogP contribution in [0.15, 0.2) is 39.7 Å². The van der Waals surface area contributed by atoms with Gasteiger partial charge in [-0.15, -0.1) is 0 Å². The van der Waals surface area contributed by atoms with Gasteiger partial charge in [0.1, 0.15) is 22.4 Å². The summed E-state index contributed by atoms with van der Waals surface area (Å²) >= 11 is 18.0. The van der Waals surface area contributed by atoms with Crippen LogP contribution in [0, 0.1) is 0 Å². The molecule has 2 aromatic rings. The van der Waals surface area contributed by atoms with E-state index in [1.165, 1.54) is 6.08 Å². The van der Waals surface area contributed by atoms with Crippen LogP contribution < -0.4 is 0 Å². The van der Waals surface area contributed by atoms with E-state index in [0.29, 0.717) is 26.5 Å². The molecule has 0 unspecified atom stereocenters. The Morgan fingerprint density at radius 1 is 1.28 bits per heavy atom. The van der Waals surface area contributed by atoms with Crippen LogP contribution in [0.3, 0.4) is 0 Å². The molecule has 5 nitrogen and oxygen atoms in total. The molecule has 0 saturated carbocycles. The highest BCUT2D eigenvalue weighted by Gasteiger charge is 2.33. The van der Waals surface area contributed by atoms with Crippen LogP contribution in [-0.4, -0.2) is 32.7 Å².